The van der Waals surface area contributed by atoms with E-state index >= 15 is 0 Å². The van der Waals surface area contributed by atoms with Crippen molar-refractivity contribution in [3.63, 3.8) is 0 Å². The van der Waals surface area contributed by atoms with Gasteiger partial charge in [-0.1, -0.05) is 45.4 Å². The van der Waals surface area contributed by atoms with Gasteiger partial charge in [0.2, 0.25) is 0 Å². The Morgan fingerprint density at radius 1 is 1.06 bits per heavy atom. The van der Waals surface area contributed by atoms with Crippen LogP contribution in [0.1, 0.15) is 58.8 Å². The van der Waals surface area contributed by atoms with Crippen molar-refractivity contribution in [2.75, 3.05) is 18.9 Å². The Morgan fingerprint density at radius 3 is 2.17 bits per heavy atom. The van der Waals surface area contributed by atoms with Crippen molar-refractivity contribution in [1.29, 1.82) is 0 Å². The third-order valence-electron chi connectivity index (χ3n) is 3.13. The van der Waals surface area contributed by atoms with E-state index in [4.69, 9.17) is 5.11 Å². The van der Waals surface area contributed by atoms with E-state index in [0.29, 0.717) is 0 Å². The molecule has 2 N–H and O–H groups in total. The number of rotatable bonds is 12. The van der Waals surface area contributed by atoms with Crippen LogP contribution in [0.15, 0.2) is 0 Å². The molecule has 0 saturated heterocycles. The lowest BCUT2D eigenvalue weighted by molar-refractivity contribution is 0.319. The summed E-state index contributed by atoms with van der Waals surface area (Å²) in [5.74, 6) is -0.155. The lowest BCUT2D eigenvalue weighted by Gasteiger charge is -2.13. The highest BCUT2D eigenvalue weighted by molar-refractivity contribution is 7.91. The molecule has 5 heteroatoms. The second-order valence-electron chi connectivity index (χ2n) is 4.81. The van der Waals surface area contributed by atoms with Gasteiger partial charge in [-0.2, -0.15) is 0 Å². The summed E-state index contributed by atoms with van der Waals surface area (Å²) in [5.41, 5.74) is 0. The fourth-order valence-corrected chi connectivity index (χ4v) is 2.80. The second-order valence-corrected chi connectivity index (χ2v) is 7.25. The van der Waals surface area contributed by atoms with Crippen LogP contribution in [-0.4, -0.2) is 37.8 Å². The molecule has 0 radical (unpaired) electrons. The molecule has 0 rings (SSSR count). The van der Waals surface area contributed by atoms with Gasteiger partial charge in [-0.25, -0.2) is 8.42 Å². The van der Waals surface area contributed by atoms with Gasteiger partial charge in [0.05, 0.1) is 12.4 Å². The van der Waals surface area contributed by atoms with E-state index in [0.717, 1.165) is 19.4 Å². The van der Waals surface area contributed by atoms with Crippen LogP contribution in [-0.2, 0) is 9.84 Å². The Hall–Kier alpha value is -0.130. The van der Waals surface area contributed by atoms with Crippen LogP contribution in [0, 0.1) is 0 Å². The minimum absolute atomic E-state index is 0.155. The van der Waals surface area contributed by atoms with Gasteiger partial charge in [0.25, 0.3) is 0 Å². The molecule has 0 saturated carbocycles. The van der Waals surface area contributed by atoms with Crippen molar-refractivity contribution in [1.82, 2.24) is 5.32 Å². The molecule has 18 heavy (non-hydrogen) atoms. The fourth-order valence-electron chi connectivity index (χ4n) is 1.82. The van der Waals surface area contributed by atoms with E-state index in [1.165, 1.54) is 32.1 Å². The Bertz CT molecular complexity index is 278. The molecular formula is C13H29NO3S. The molecule has 0 aromatic heterocycles. The molecule has 1 unspecified atom stereocenters. The lowest BCUT2D eigenvalue weighted by atomic mass is 10.1. The molecule has 110 valence electrons. The molecule has 0 spiro atoms. The number of aliphatic hydroxyl groups excluding tert-OH is 1. The zero-order valence-corrected chi connectivity index (χ0v) is 12.6. The van der Waals surface area contributed by atoms with E-state index in [1.807, 2.05) is 0 Å². The molecule has 0 heterocycles. The zero-order chi connectivity index (χ0) is 13.9. The Labute approximate surface area is 112 Å². The summed E-state index contributed by atoms with van der Waals surface area (Å²) in [5, 5.41) is 11.1. The second kappa shape index (κ2) is 10.8. The van der Waals surface area contributed by atoms with Crippen LogP contribution in [0.25, 0.3) is 0 Å². The smallest absolute Gasteiger partial charge is 0.168 e. The van der Waals surface area contributed by atoms with Gasteiger partial charge in [0, 0.05) is 0 Å². The highest BCUT2D eigenvalue weighted by Crippen LogP contribution is 2.06. The van der Waals surface area contributed by atoms with E-state index < -0.39 is 15.2 Å². The highest BCUT2D eigenvalue weighted by atomic mass is 32.2. The maximum atomic E-state index is 11.5. The van der Waals surface area contributed by atoms with Crippen molar-refractivity contribution >= 4 is 9.84 Å². The average Bonchev–Trinajstić information content (AvgIpc) is 2.32. The van der Waals surface area contributed by atoms with Gasteiger partial charge in [-0.05, 0) is 19.9 Å². The van der Waals surface area contributed by atoms with Crippen LogP contribution in [0.4, 0.5) is 0 Å². The standard InChI is InChI=1S/C13H29NO3S/c1-3-4-5-6-7-8-9-10-14-13(2)18(16,17)12-11-15/h13-15H,3-12H2,1-2H3. The number of aliphatic hydroxyl groups is 1. The summed E-state index contributed by atoms with van der Waals surface area (Å²) in [6.07, 6.45) is 8.59. The summed E-state index contributed by atoms with van der Waals surface area (Å²) >= 11 is 0. The quantitative estimate of drug-likeness (QED) is 0.537. The van der Waals surface area contributed by atoms with Gasteiger partial charge in [0.15, 0.2) is 9.84 Å². The van der Waals surface area contributed by atoms with E-state index in [2.05, 4.69) is 12.2 Å². The predicted octanol–water partition coefficient (Wildman–Crippen LogP) is 2.08. The molecule has 0 aliphatic carbocycles. The van der Waals surface area contributed by atoms with Gasteiger partial charge < -0.3 is 10.4 Å². The van der Waals surface area contributed by atoms with Gasteiger partial charge in [-0.15, -0.1) is 0 Å². The summed E-state index contributed by atoms with van der Waals surface area (Å²) in [6, 6.07) is 0. The lowest BCUT2D eigenvalue weighted by Crippen LogP contribution is -2.36. The average molecular weight is 279 g/mol. The predicted molar refractivity (Wildman–Crippen MR) is 76.3 cm³/mol. The number of nitrogens with one attached hydrogen (secondary N) is 1. The topological polar surface area (TPSA) is 66.4 Å². The molecule has 0 aliphatic heterocycles. The Balaban J connectivity index is 3.49. The third kappa shape index (κ3) is 8.89. The zero-order valence-electron chi connectivity index (χ0n) is 11.8. The summed E-state index contributed by atoms with van der Waals surface area (Å²) < 4.78 is 23.1. The number of hydrogen-bond acceptors (Lipinski definition) is 4. The van der Waals surface area contributed by atoms with Crippen LogP contribution < -0.4 is 5.32 Å². The molecule has 0 aliphatic rings. The van der Waals surface area contributed by atoms with Crippen molar-refractivity contribution in [3.05, 3.63) is 0 Å². The first-order valence-corrected chi connectivity index (χ1v) is 8.82. The highest BCUT2D eigenvalue weighted by Gasteiger charge is 2.18. The molecule has 0 aromatic rings. The van der Waals surface area contributed by atoms with Crippen LogP contribution in [0.5, 0.6) is 0 Å². The number of hydrogen-bond donors (Lipinski definition) is 2. The third-order valence-corrected chi connectivity index (χ3v) is 5.12. The normalized spacial score (nSPS) is 13.7. The summed E-state index contributed by atoms with van der Waals surface area (Å²) in [7, 11) is -3.18. The first-order chi connectivity index (χ1) is 8.54. The maximum Gasteiger partial charge on any atom is 0.168 e. The van der Waals surface area contributed by atoms with Crippen molar-refractivity contribution < 1.29 is 13.5 Å². The molecular weight excluding hydrogens is 250 g/mol. The molecule has 4 nitrogen and oxygen atoms in total. The van der Waals surface area contributed by atoms with Crippen molar-refractivity contribution in [2.24, 2.45) is 0 Å². The molecule has 0 bridgehead atoms. The number of unbranched alkanes of at least 4 members (excludes halogenated alkanes) is 6. The molecule has 0 fully saturated rings. The van der Waals surface area contributed by atoms with Gasteiger partial charge in [0.1, 0.15) is 5.37 Å². The van der Waals surface area contributed by atoms with Gasteiger partial charge >= 0.3 is 0 Å². The molecule has 0 amide bonds. The van der Waals surface area contributed by atoms with Crippen LogP contribution in [0.2, 0.25) is 0 Å². The summed E-state index contributed by atoms with van der Waals surface area (Å²) in [6.45, 7) is 4.29. The van der Waals surface area contributed by atoms with Crippen LogP contribution in [0.3, 0.4) is 0 Å². The molecule has 0 aromatic carbocycles. The van der Waals surface area contributed by atoms with Gasteiger partial charge in [-0.3, -0.25) is 0 Å². The minimum Gasteiger partial charge on any atom is -0.395 e. The largest absolute Gasteiger partial charge is 0.395 e. The van der Waals surface area contributed by atoms with E-state index in [9.17, 15) is 8.42 Å². The molecule has 1 atom stereocenters. The Morgan fingerprint density at radius 2 is 1.61 bits per heavy atom. The maximum absolute atomic E-state index is 11.5. The fraction of sp³-hybridized carbons (Fsp3) is 1.00. The Kier molecular flexibility index (Phi) is 10.7. The van der Waals surface area contributed by atoms with E-state index in [1.54, 1.807) is 6.92 Å². The van der Waals surface area contributed by atoms with E-state index in [-0.39, 0.29) is 12.4 Å². The summed E-state index contributed by atoms with van der Waals surface area (Å²) in [4.78, 5) is 0. The first-order valence-electron chi connectivity index (χ1n) is 7.10. The van der Waals surface area contributed by atoms with Crippen LogP contribution >= 0.6 is 0 Å². The minimum atomic E-state index is -3.18. The SMILES string of the molecule is CCCCCCCCCNC(C)S(=O)(=O)CCO. The van der Waals surface area contributed by atoms with Crippen molar-refractivity contribution in [2.45, 2.75) is 64.2 Å². The first kappa shape index (κ1) is 17.9. The van der Waals surface area contributed by atoms with Crippen molar-refractivity contribution in [3.8, 4) is 0 Å². The number of sulfone groups is 1. The monoisotopic (exact) mass is 279 g/mol.